The molecule has 0 aromatic heterocycles. The van der Waals surface area contributed by atoms with E-state index in [1.165, 1.54) is 24.8 Å². The molecule has 0 heterocycles. The Bertz CT molecular complexity index is 1250. The molecule has 0 fully saturated rings. The number of nitrogens with one attached hydrogen (secondary N) is 1. The zero-order valence-electron chi connectivity index (χ0n) is 19.1. The molecule has 1 amide bonds. The van der Waals surface area contributed by atoms with E-state index in [2.05, 4.69) is 10.5 Å². The van der Waals surface area contributed by atoms with E-state index in [9.17, 15) is 13.2 Å². The molecule has 3 aromatic carbocycles. The highest BCUT2D eigenvalue weighted by Gasteiger charge is 2.27. The number of rotatable bonds is 8. The number of nitrogens with zero attached hydrogens (tertiary/aromatic N) is 2. The maximum atomic E-state index is 13.3. The van der Waals surface area contributed by atoms with Crippen molar-refractivity contribution >= 4 is 27.8 Å². The second-order valence-electron chi connectivity index (χ2n) is 7.54. The lowest BCUT2D eigenvalue weighted by Crippen LogP contribution is -2.39. The van der Waals surface area contributed by atoms with Crippen molar-refractivity contribution in [2.75, 3.05) is 18.0 Å². The number of hydrazone groups is 1. The van der Waals surface area contributed by atoms with Crippen LogP contribution >= 0.6 is 0 Å². The summed E-state index contributed by atoms with van der Waals surface area (Å²) in [6.45, 7) is 5.63. The zero-order chi connectivity index (χ0) is 24.0. The third kappa shape index (κ3) is 5.59. The quantitative estimate of drug-likeness (QED) is 0.403. The number of methoxy groups -OCH3 is 1. The Kier molecular flexibility index (Phi) is 7.50. The van der Waals surface area contributed by atoms with Gasteiger partial charge in [-0.15, -0.1) is 0 Å². The van der Waals surface area contributed by atoms with Crippen LogP contribution in [0.25, 0.3) is 0 Å². The number of carbonyl (C=O) groups is 1. The average Bonchev–Trinajstić information content (AvgIpc) is 2.83. The van der Waals surface area contributed by atoms with Crippen LogP contribution in [0.5, 0.6) is 5.75 Å². The number of hydrogen-bond donors (Lipinski definition) is 1. The van der Waals surface area contributed by atoms with Crippen molar-refractivity contribution in [2.45, 2.75) is 25.7 Å². The van der Waals surface area contributed by atoms with E-state index >= 15 is 0 Å². The van der Waals surface area contributed by atoms with Gasteiger partial charge < -0.3 is 4.74 Å². The van der Waals surface area contributed by atoms with Gasteiger partial charge >= 0.3 is 0 Å². The average molecular weight is 466 g/mol. The first-order chi connectivity index (χ1) is 15.7. The fourth-order valence-corrected chi connectivity index (χ4v) is 4.66. The minimum Gasteiger partial charge on any atom is -0.497 e. The lowest BCUT2D eigenvalue weighted by Gasteiger charge is -2.23. The van der Waals surface area contributed by atoms with Crippen LogP contribution in [0.1, 0.15) is 22.3 Å². The van der Waals surface area contributed by atoms with Gasteiger partial charge in [0, 0.05) is 0 Å². The molecule has 0 unspecified atom stereocenters. The fraction of sp³-hybridized carbons (Fsp3) is 0.200. The Hall–Kier alpha value is -3.65. The highest BCUT2D eigenvalue weighted by atomic mass is 32.2. The largest absolute Gasteiger partial charge is 0.497 e. The van der Waals surface area contributed by atoms with Gasteiger partial charge in [-0.25, -0.2) is 13.8 Å². The number of sulfonamides is 1. The molecule has 0 saturated carbocycles. The lowest BCUT2D eigenvalue weighted by atomic mass is 10.00. The molecule has 172 valence electrons. The van der Waals surface area contributed by atoms with Crippen LogP contribution in [-0.2, 0) is 14.8 Å². The molecule has 0 aliphatic carbocycles. The smallest absolute Gasteiger partial charge is 0.264 e. The Labute approximate surface area is 194 Å². The molecule has 0 aliphatic heterocycles. The van der Waals surface area contributed by atoms with Crippen LogP contribution in [0.4, 0.5) is 5.69 Å². The molecule has 0 spiro atoms. The normalized spacial score (nSPS) is 11.4. The molecule has 7 nitrogen and oxygen atoms in total. The van der Waals surface area contributed by atoms with Crippen LogP contribution in [0.15, 0.2) is 76.7 Å². The monoisotopic (exact) mass is 465 g/mol. The van der Waals surface area contributed by atoms with Gasteiger partial charge in [0.05, 0.1) is 23.9 Å². The summed E-state index contributed by atoms with van der Waals surface area (Å²) in [5.41, 5.74) is 7.10. The van der Waals surface area contributed by atoms with Gasteiger partial charge in [0.1, 0.15) is 12.3 Å². The Morgan fingerprint density at radius 3 is 2.27 bits per heavy atom. The maximum Gasteiger partial charge on any atom is 0.264 e. The number of aryl methyl sites for hydroxylation is 1. The summed E-state index contributed by atoms with van der Waals surface area (Å²) >= 11 is 0. The summed E-state index contributed by atoms with van der Waals surface area (Å²) in [6, 6.07) is 18.4. The number of hydrogen-bond acceptors (Lipinski definition) is 5. The summed E-state index contributed by atoms with van der Waals surface area (Å²) in [6.07, 6.45) is 1.56. The first kappa shape index (κ1) is 24.0. The molecule has 3 aromatic rings. The van der Waals surface area contributed by atoms with Crippen LogP contribution in [-0.4, -0.2) is 34.2 Å². The molecule has 0 saturated heterocycles. The van der Waals surface area contributed by atoms with Crippen molar-refractivity contribution in [1.82, 2.24) is 5.43 Å². The molecular formula is C25H27N3O4S. The van der Waals surface area contributed by atoms with E-state index in [1.54, 1.807) is 48.7 Å². The van der Waals surface area contributed by atoms with E-state index in [0.717, 1.165) is 21.0 Å². The van der Waals surface area contributed by atoms with Gasteiger partial charge in [-0.2, -0.15) is 5.10 Å². The molecule has 1 N–H and O–H groups in total. The summed E-state index contributed by atoms with van der Waals surface area (Å²) in [5.74, 6) is -0.0254. The van der Waals surface area contributed by atoms with Crippen LogP contribution in [0.2, 0.25) is 0 Å². The van der Waals surface area contributed by atoms with E-state index in [4.69, 9.17) is 4.74 Å². The van der Waals surface area contributed by atoms with Gasteiger partial charge in [0.25, 0.3) is 15.9 Å². The van der Waals surface area contributed by atoms with E-state index in [0.29, 0.717) is 11.4 Å². The van der Waals surface area contributed by atoms with E-state index in [1.807, 2.05) is 32.9 Å². The summed E-state index contributed by atoms with van der Waals surface area (Å²) in [7, 11) is -2.50. The second kappa shape index (κ2) is 10.3. The Balaban J connectivity index is 1.82. The van der Waals surface area contributed by atoms with Crippen LogP contribution in [0, 0.1) is 20.8 Å². The first-order valence-electron chi connectivity index (χ1n) is 10.3. The van der Waals surface area contributed by atoms with E-state index < -0.39 is 22.5 Å². The number of anilines is 1. The standard InChI is InChI=1S/C25H27N3O4S/c1-18-10-11-21(20(3)19(18)2)16-26-27-25(29)17-28(22-8-6-5-7-9-22)33(30,31)24-14-12-23(32-4)13-15-24/h5-16H,17H2,1-4H3,(H,27,29)/b26-16-. The predicted molar refractivity (Wildman–Crippen MR) is 130 cm³/mol. The van der Waals surface area contributed by atoms with Crippen LogP contribution < -0.4 is 14.5 Å². The lowest BCUT2D eigenvalue weighted by molar-refractivity contribution is -0.119. The van der Waals surface area contributed by atoms with Crippen molar-refractivity contribution in [3.05, 3.63) is 89.0 Å². The summed E-state index contributed by atoms with van der Waals surface area (Å²) in [4.78, 5) is 12.7. The Morgan fingerprint density at radius 2 is 1.64 bits per heavy atom. The number of carbonyl (C=O) groups excluding carboxylic acids is 1. The molecule has 0 aliphatic rings. The molecule has 0 bridgehead atoms. The SMILES string of the molecule is COc1ccc(S(=O)(=O)N(CC(=O)N/N=C\c2ccc(C)c(C)c2C)c2ccccc2)cc1. The number of amides is 1. The molecular weight excluding hydrogens is 438 g/mol. The molecule has 0 radical (unpaired) electrons. The molecule has 33 heavy (non-hydrogen) atoms. The Morgan fingerprint density at radius 1 is 0.970 bits per heavy atom. The summed E-state index contributed by atoms with van der Waals surface area (Å²) < 4.78 is 32.9. The van der Waals surface area contributed by atoms with Crippen molar-refractivity contribution < 1.29 is 17.9 Å². The van der Waals surface area contributed by atoms with Crippen molar-refractivity contribution in [3.8, 4) is 5.75 Å². The van der Waals surface area contributed by atoms with Gasteiger partial charge in [0.15, 0.2) is 0 Å². The zero-order valence-corrected chi connectivity index (χ0v) is 19.9. The second-order valence-corrected chi connectivity index (χ2v) is 9.40. The number of ether oxygens (including phenoxy) is 1. The molecule has 0 atom stereocenters. The summed E-state index contributed by atoms with van der Waals surface area (Å²) in [5, 5.41) is 4.03. The first-order valence-corrected chi connectivity index (χ1v) is 11.8. The van der Waals surface area contributed by atoms with Gasteiger partial charge in [-0.1, -0.05) is 30.3 Å². The minimum absolute atomic E-state index is 0.0502. The van der Waals surface area contributed by atoms with Crippen LogP contribution in [0.3, 0.4) is 0 Å². The van der Waals surface area contributed by atoms with Crippen molar-refractivity contribution in [1.29, 1.82) is 0 Å². The molecule has 8 heteroatoms. The van der Waals surface area contributed by atoms with E-state index in [-0.39, 0.29) is 4.90 Å². The third-order valence-corrected chi connectivity index (χ3v) is 7.26. The van der Waals surface area contributed by atoms with Crippen molar-refractivity contribution in [2.24, 2.45) is 5.10 Å². The van der Waals surface area contributed by atoms with Crippen molar-refractivity contribution in [3.63, 3.8) is 0 Å². The predicted octanol–water partition coefficient (Wildman–Crippen LogP) is 3.97. The van der Waals surface area contributed by atoms with Gasteiger partial charge in [-0.05, 0) is 79.4 Å². The highest BCUT2D eigenvalue weighted by Crippen LogP contribution is 2.25. The third-order valence-electron chi connectivity index (χ3n) is 5.47. The maximum absolute atomic E-state index is 13.3. The highest BCUT2D eigenvalue weighted by molar-refractivity contribution is 7.92. The van der Waals surface area contributed by atoms with Gasteiger partial charge in [0.2, 0.25) is 0 Å². The molecule has 3 rings (SSSR count). The van der Waals surface area contributed by atoms with Gasteiger partial charge in [-0.3, -0.25) is 9.10 Å². The number of para-hydroxylation sites is 1. The number of benzene rings is 3. The fourth-order valence-electron chi connectivity index (χ4n) is 3.24. The topological polar surface area (TPSA) is 88.1 Å². The minimum atomic E-state index is -4.00.